The number of carbonyl (C=O) groups is 1. The third-order valence-corrected chi connectivity index (χ3v) is 3.71. The number of nitrogens with one attached hydrogen (secondary N) is 1. The van der Waals surface area contributed by atoms with E-state index in [4.69, 9.17) is 10.5 Å². The number of fused-ring (bicyclic) bond motifs is 1. The summed E-state index contributed by atoms with van der Waals surface area (Å²) in [5, 5.41) is 3.31. The summed E-state index contributed by atoms with van der Waals surface area (Å²) in [7, 11) is 0. The number of ether oxygens (including phenoxy) is 1. The number of nitrogens with two attached hydrogens (primary N) is 1. The number of aromatic nitrogens is 1. The largest absolute Gasteiger partial charge is 0.493 e. The van der Waals surface area contributed by atoms with Crippen LogP contribution in [0.25, 0.3) is 0 Å². The van der Waals surface area contributed by atoms with Crippen molar-refractivity contribution in [2.75, 3.05) is 18.5 Å². The van der Waals surface area contributed by atoms with E-state index >= 15 is 0 Å². The van der Waals surface area contributed by atoms with Gasteiger partial charge in [0.25, 0.3) is 5.91 Å². The fourth-order valence-electron chi connectivity index (χ4n) is 2.61. The summed E-state index contributed by atoms with van der Waals surface area (Å²) in [6, 6.07) is 9.83. The Morgan fingerprint density at radius 3 is 3.10 bits per heavy atom. The highest BCUT2D eigenvalue weighted by Crippen LogP contribution is 2.33. The standard InChI is InChI=1S/C16H17N3O2/c17-16(20)13-10-18-7-5-14(13)19-9-11-6-8-21-15-4-2-1-3-12(11)15/h1-5,7,10-11H,6,8-9H2,(H2,17,20)(H,18,19). The monoisotopic (exact) mass is 283 g/mol. The molecule has 3 N–H and O–H groups in total. The number of benzene rings is 1. The lowest BCUT2D eigenvalue weighted by Gasteiger charge is -2.26. The first-order valence-electron chi connectivity index (χ1n) is 6.95. The maximum atomic E-state index is 11.4. The quantitative estimate of drug-likeness (QED) is 0.901. The van der Waals surface area contributed by atoms with Gasteiger partial charge >= 0.3 is 0 Å². The lowest BCUT2D eigenvalue weighted by Crippen LogP contribution is -2.22. The van der Waals surface area contributed by atoms with E-state index in [9.17, 15) is 4.79 Å². The summed E-state index contributed by atoms with van der Waals surface area (Å²) in [6.45, 7) is 1.44. The highest BCUT2D eigenvalue weighted by molar-refractivity contribution is 5.98. The first-order valence-corrected chi connectivity index (χ1v) is 6.95. The molecular weight excluding hydrogens is 266 g/mol. The van der Waals surface area contributed by atoms with Crippen LogP contribution in [0.4, 0.5) is 5.69 Å². The molecular formula is C16H17N3O2. The molecule has 5 heteroatoms. The van der Waals surface area contributed by atoms with Crippen molar-refractivity contribution in [3.63, 3.8) is 0 Å². The predicted octanol–water partition coefficient (Wildman–Crippen LogP) is 2.16. The van der Waals surface area contributed by atoms with Gasteiger partial charge in [-0.05, 0) is 24.1 Å². The molecule has 108 valence electrons. The van der Waals surface area contributed by atoms with E-state index in [2.05, 4.69) is 16.4 Å². The zero-order valence-electron chi connectivity index (χ0n) is 11.6. The zero-order valence-corrected chi connectivity index (χ0v) is 11.6. The number of hydrogen-bond acceptors (Lipinski definition) is 4. The molecule has 21 heavy (non-hydrogen) atoms. The highest BCUT2D eigenvalue weighted by atomic mass is 16.5. The first-order chi connectivity index (χ1) is 10.3. The third-order valence-electron chi connectivity index (χ3n) is 3.71. The molecule has 5 nitrogen and oxygen atoms in total. The van der Waals surface area contributed by atoms with Crippen LogP contribution in [0.3, 0.4) is 0 Å². The van der Waals surface area contributed by atoms with Gasteiger partial charge in [0.1, 0.15) is 5.75 Å². The minimum atomic E-state index is -0.474. The molecule has 0 aliphatic carbocycles. The van der Waals surface area contributed by atoms with Crippen molar-refractivity contribution < 1.29 is 9.53 Å². The van der Waals surface area contributed by atoms with Gasteiger partial charge in [0, 0.05) is 24.9 Å². The number of anilines is 1. The molecule has 1 aliphatic heterocycles. The molecule has 1 unspecified atom stereocenters. The van der Waals surface area contributed by atoms with Gasteiger partial charge in [-0.2, -0.15) is 0 Å². The van der Waals surface area contributed by atoms with Crippen LogP contribution in [0.5, 0.6) is 5.75 Å². The van der Waals surface area contributed by atoms with Crippen molar-refractivity contribution in [1.29, 1.82) is 0 Å². The van der Waals surface area contributed by atoms with E-state index in [0.29, 0.717) is 18.1 Å². The van der Waals surface area contributed by atoms with Gasteiger partial charge in [0.05, 0.1) is 17.9 Å². The third kappa shape index (κ3) is 2.81. The lowest BCUT2D eigenvalue weighted by atomic mass is 9.93. The number of pyridine rings is 1. The van der Waals surface area contributed by atoms with Crippen LogP contribution in [0.2, 0.25) is 0 Å². The molecule has 2 aromatic rings. The van der Waals surface area contributed by atoms with Crippen LogP contribution < -0.4 is 15.8 Å². The molecule has 1 aromatic heterocycles. The van der Waals surface area contributed by atoms with Gasteiger partial charge in [-0.3, -0.25) is 9.78 Å². The molecule has 3 rings (SSSR count). The van der Waals surface area contributed by atoms with E-state index in [-0.39, 0.29) is 0 Å². The number of rotatable bonds is 4. The molecule has 0 radical (unpaired) electrons. The number of hydrogen-bond donors (Lipinski definition) is 2. The number of nitrogens with zero attached hydrogens (tertiary/aromatic N) is 1. The summed E-state index contributed by atoms with van der Waals surface area (Å²) in [5.41, 5.74) is 7.70. The Morgan fingerprint density at radius 2 is 2.24 bits per heavy atom. The Kier molecular flexibility index (Phi) is 3.73. The molecule has 1 aliphatic rings. The average molecular weight is 283 g/mol. The number of carbonyl (C=O) groups excluding carboxylic acids is 1. The summed E-state index contributed by atoms with van der Waals surface area (Å²) < 4.78 is 5.66. The molecule has 1 aromatic carbocycles. The summed E-state index contributed by atoms with van der Waals surface area (Å²) >= 11 is 0. The second-order valence-corrected chi connectivity index (χ2v) is 5.04. The normalized spacial score (nSPS) is 16.7. The number of para-hydroxylation sites is 1. The van der Waals surface area contributed by atoms with Crippen LogP contribution in [0, 0.1) is 0 Å². The van der Waals surface area contributed by atoms with Crippen LogP contribution in [-0.4, -0.2) is 24.0 Å². The molecule has 0 bridgehead atoms. The number of primary amides is 1. The van der Waals surface area contributed by atoms with Crippen molar-refractivity contribution >= 4 is 11.6 Å². The zero-order chi connectivity index (χ0) is 14.7. The van der Waals surface area contributed by atoms with Gasteiger partial charge in [0.2, 0.25) is 0 Å². The van der Waals surface area contributed by atoms with E-state index in [0.717, 1.165) is 24.4 Å². The summed E-state index contributed by atoms with van der Waals surface area (Å²) in [6.07, 6.45) is 4.08. The molecule has 2 heterocycles. The van der Waals surface area contributed by atoms with Gasteiger partial charge < -0.3 is 15.8 Å². The Labute approximate surface area is 123 Å². The van der Waals surface area contributed by atoms with Crippen LogP contribution >= 0.6 is 0 Å². The maximum Gasteiger partial charge on any atom is 0.252 e. The van der Waals surface area contributed by atoms with Crippen LogP contribution in [0.15, 0.2) is 42.7 Å². The molecule has 1 atom stereocenters. The number of amides is 1. The second-order valence-electron chi connectivity index (χ2n) is 5.04. The molecule has 1 amide bonds. The SMILES string of the molecule is NC(=O)c1cnccc1NCC1CCOc2ccccc21. The Balaban J connectivity index is 1.76. The van der Waals surface area contributed by atoms with Crippen molar-refractivity contribution in [2.24, 2.45) is 5.73 Å². The lowest BCUT2D eigenvalue weighted by molar-refractivity contribution is 0.100. The van der Waals surface area contributed by atoms with Crippen LogP contribution in [0.1, 0.15) is 28.3 Å². The summed E-state index contributed by atoms with van der Waals surface area (Å²) in [4.78, 5) is 15.3. The molecule has 0 spiro atoms. The Hall–Kier alpha value is -2.56. The smallest absolute Gasteiger partial charge is 0.252 e. The fourth-order valence-corrected chi connectivity index (χ4v) is 2.61. The molecule has 0 fully saturated rings. The van der Waals surface area contributed by atoms with E-state index < -0.39 is 5.91 Å². The second kappa shape index (κ2) is 5.83. The van der Waals surface area contributed by atoms with Gasteiger partial charge in [0.15, 0.2) is 0 Å². The van der Waals surface area contributed by atoms with Gasteiger partial charge in [-0.1, -0.05) is 18.2 Å². The van der Waals surface area contributed by atoms with Crippen molar-refractivity contribution in [2.45, 2.75) is 12.3 Å². The maximum absolute atomic E-state index is 11.4. The van der Waals surface area contributed by atoms with Crippen LogP contribution in [-0.2, 0) is 0 Å². The molecule has 0 saturated heterocycles. The minimum Gasteiger partial charge on any atom is -0.493 e. The topological polar surface area (TPSA) is 77.2 Å². The highest BCUT2D eigenvalue weighted by Gasteiger charge is 2.21. The fraction of sp³-hybridized carbons (Fsp3) is 0.250. The van der Waals surface area contributed by atoms with Crippen molar-refractivity contribution in [1.82, 2.24) is 4.98 Å². The Morgan fingerprint density at radius 1 is 1.38 bits per heavy atom. The van der Waals surface area contributed by atoms with Crippen molar-refractivity contribution in [3.05, 3.63) is 53.9 Å². The Bertz CT molecular complexity index is 657. The minimum absolute atomic E-state index is 0.351. The van der Waals surface area contributed by atoms with Gasteiger partial charge in [-0.25, -0.2) is 0 Å². The van der Waals surface area contributed by atoms with E-state index in [1.54, 1.807) is 12.3 Å². The predicted molar refractivity (Wildman–Crippen MR) is 80.5 cm³/mol. The first kappa shape index (κ1) is 13.4. The van der Waals surface area contributed by atoms with Crippen molar-refractivity contribution in [3.8, 4) is 5.75 Å². The van der Waals surface area contributed by atoms with Gasteiger partial charge in [-0.15, -0.1) is 0 Å². The summed E-state index contributed by atoms with van der Waals surface area (Å²) in [5.74, 6) is 0.822. The van der Waals surface area contributed by atoms with E-state index in [1.165, 1.54) is 11.8 Å². The van der Waals surface area contributed by atoms with E-state index in [1.807, 2.05) is 18.2 Å². The molecule has 0 saturated carbocycles. The average Bonchev–Trinajstić information content (AvgIpc) is 2.53.